The second-order valence-electron chi connectivity index (χ2n) is 8.55. The molecule has 1 saturated carbocycles. The van der Waals surface area contributed by atoms with Crippen LogP contribution in [0.15, 0.2) is 53.4 Å². The SMILES string of the molecule is CC(C)(C)OC(=O)N[C@@]1(C=O)[C@H](S(=O)(=O)c2ccccc2)[C@@H]1c1ccc2c(c1)OCO2. The summed E-state index contributed by atoms with van der Waals surface area (Å²) >= 11 is 0. The largest absolute Gasteiger partial charge is 0.454 e. The third-order valence-corrected chi connectivity index (χ3v) is 7.51. The summed E-state index contributed by atoms with van der Waals surface area (Å²) in [6.07, 6.45) is -0.381. The molecule has 0 radical (unpaired) electrons. The van der Waals surface area contributed by atoms with Gasteiger partial charge in [0.25, 0.3) is 0 Å². The Balaban J connectivity index is 1.76. The lowest BCUT2D eigenvalue weighted by molar-refractivity contribution is -0.110. The molecule has 1 aliphatic heterocycles. The highest BCUT2D eigenvalue weighted by Crippen LogP contribution is 2.57. The third-order valence-electron chi connectivity index (χ3n) is 5.25. The lowest BCUT2D eigenvalue weighted by atomic mass is 10.1. The minimum Gasteiger partial charge on any atom is -0.454 e. The molecule has 0 unspecified atom stereocenters. The van der Waals surface area contributed by atoms with Gasteiger partial charge in [-0.2, -0.15) is 0 Å². The number of carbonyl (C=O) groups excluding carboxylic acids is 2. The second kappa shape index (κ2) is 7.26. The van der Waals surface area contributed by atoms with Crippen LogP contribution in [0.4, 0.5) is 4.79 Å². The Labute approximate surface area is 180 Å². The van der Waals surface area contributed by atoms with E-state index in [1.165, 1.54) is 12.1 Å². The number of sulfone groups is 1. The van der Waals surface area contributed by atoms with Gasteiger partial charge in [-0.05, 0) is 50.6 Å². The molecule has 0 spiro atoms. The van der Waals surface area contributed by atoms with Gasteiger partial charge in [-0.25, -0.2) is 13.2 Å². The Hall–Kier alpha value is -3.07. The third kappa shape index (κ3) is 3.74. The average molecular weight is 445 g/mol. The number of rotatable bonds is 5. The van der Waals surface area contributed by atoms with Crippen molar-refractivity contribution in [2.45, 2.75) is 48.0 Å². The molecular weight excluding hydrogens is 422 g/mol. The van der Waals surface area contributed by atoms with E-state index in [0.29, 0.717) is 23.3 Å². The van der Waals surface area contributed by atoms with Gasteiger partial charge in [-0.15, -0.1) is 0 Å². The van der Waals surface area contributed by atoms with Crippen molar-refractivity contribution in [3.8, 4) is 11.5 Å². The van der Waals surface area contributed by atoms with Gasteiger partial charge in [-0.1, -0.05) is 24.3 Å². The molecular formula is C22H23NO7S. The van der Waals surface area contributed by atoms with Crippen LogP contribution < -0.4 is 14.8 Å². The number of hydrogen-bond donors (Lipinski definition) is 1. The normalized spacial score (nSPS) is 24.4. The van der Waals surface area contributed by atoms with Gasteiger partial charge in [0.1, 0.15) is 22.7 Å². The van der Waals surface area contributed by atoms with E-state index in [9.17, 15) is 18.0 Å². The Morgan fingerprint density at radius 2 is 1.81 bits per heavy atom. The van der Waals surface area contributed by atoms with Gasteiger partial charge in [-0.3, -0.25) is 0 Å². The minimum atomic E-state index is -3.96. The molecule has 1 aliphatic carbocycles. The van der Waals surface area contributed by atoms with Crippen LogP contribution in [0.25, 0.3) is 0 Å². The molecule has 1 amide bonds. The van der Waals surface area contributed by atoms with Crippen LogP contribution in [0.3, 0.4) is 0 Å². The Bertz CT molecular complexity index is 1120. The zero-order valence-electron chi connectivity index (χ0n) is 17.3. The van der Waals surface area contributed by atoms with Crippen molar-refractivity contribution in [3.05, 3.63) is 54.1 Å². The molecule has 0 bridgehead atoms. The summed E-state index contributed by atoms with van der Waals surface area (Å²) in [6.45, 7) is 5.10. The molecule has 8 nitrogen and oxygen atoms in total. The van der Waals surface area contributed by atoms with Crippen molar-refractivity contribution >= 4 is 22.2 Å². The van der Waals surface area contributed by atoms with Crippen molar-refractivity contribution in [2.75, 3.05) is 6.79 Å². The van der Waals surface area contributed by atoms with Crippen LogP contribution >= 0.6 is 0 Å². The topological polar surface area (TPSA) is 108 Å². The molecule has 1 fully saturated rings. The summed E-state index contributed by atoms with van der Waals surface area (Å²) in [7, 11) is -3.96. The molecule has 31 heavy (non-hydrogen) atoms. The highest BCUT2D eigenvalue weighted by atomic mass is 32.2. The highest BCUT2D eigenvalue weighted by Gasteiger charge is 2.73. The summed E-state index contributed by atoms with van der Waals surface area (Å²) in [5.41, 5.74) is -1.95. The van der Waals surface area contributed by atoms with Crippen LogP contribution in [0.5, 0.6) is 11.5 Å². The quantitative estimate of drug-likeness (QED) is 0.705. The Morgan fingerprint density at radius 1 is 1.13 bits per heavy atom. The molecule has 0 aromatic heterocycles. The van der Waals surface area contributed by atoms with Crippen LogP contribution in [-0.4, -0.2) is 44.0 Å². The smallest absolute Gasteiger partial charge is 0.408 e. The van der Waals surface area contributed by atoms with Gasteiger partial charge in [0.05, 0.1) is 4.90 Å². The zero-order chi connectivity index (χ0) is 22.4. The monoisotopic (exact) mass is 445 g/mol. The second-order valence-corrected chi connectivity index (χ2v) is 10.6. The van der Waals surface area contributed by atoms with Gasteiger partial charge in [0.2, 0.25) is 6.79 Å². The van der Waals surface area contributed by atoms with E-state index in [2.05, 4.69) is 5.32 Å². The molecule has 4 rings (SSSR count). The molecule has 1 N–H and O–H groups in total. The first-order chi connectivity index (χ1) is 14.6. The summed E-state index contributed by atoms with van der Waals surface area (Å²) < 4.78 is 42.9. The first-order valence-electron chi connectivity index (χ1n) is 9.74. The molecule has 3 atom stereocenters. The van der Waals surface area contributed by atoms with E-state index < -0.39 is 38.2 Å². The number of benzene rings is 2. The van der Waals surface area contributed by atoms with Gasteiger partial charge >= 0.3 is 6.09 Å². The average Bonchev–Trinajstić information content (AvgIpc) is 3.13. The van der Waals surface area contributed by atoms with Crippen molar-refractivity contribution in [2.24, 2.45) is 0 Å². The zero-order valence-corrected chi connectivity index (χ0v) is 18.1. The fourth-order valence-electron chi connectivity index (χ4n) is 3.92. The lowest BCUT2D eigenvalue weighted by Gasteiger charge is -2.22. The summed E-state index contributed by atoms with van der Waals surface area (Å²) in [5, 5.41) is 1.33. The van der Waals surface area contributed by atoms with Crippen molar-refractivity contribution in [1.82, 2.24) is 5.32 Å². The highest BCUT2D eigenvalue weighted by molar-refractivity contribution is 7.92. The summed E-state index contributed by atoms with van der Waals surface area (Å²) in [5.74, 6) is 0.165. The van der Waals surface area contributed by atoms with Crippen LogP contribution in [0, 0.1) is 0 Å². The summed E-state index contributed by atoms with van der Waals surface area (Å²) in [6, 6.07) is 12.8. The first kappa shape index (κ1) is 21.2. The lowest BCUT2D eigenvalue weighted by Crippen LogP contribution is -2.45. The fraction of sp³-hybridized carbons (Fsp3) is 0.364. The Kier molecular flexibility index (Phi) is 4.96. The number of alkyl carbamates (subject to hydrolysis) is 1. The number of hydrogen-bond acceptors (Lipinski definition) is 7. The number of aldehydes is 1. The van der Waals surface area contributed by atoms with E-state index in [1.54, 1.807) is 57.2 Å². The van der Waals surface area contributed by atoms with Gasteiger partial charge in [0, 0.05) is 5.92 Å². The predicted octanol–water partition coefficient (Wildman–Crippen LogP) is 2.82. The molecule has 1 heterocycles. The van der Waals surface area contributed by atoms with E-state index in [-0.39, 0.29) is 11.7 Å². The maximum absolute atomic E-state index is 13.4. The van der Waals surface area contributed by atoms with E-state index >= 15 is 0 Å². The standard InChI is InChI=1S/C22H23NO7S/c1-21(2,3)30-20(25)23-22(12-24)18(14-9-10-16-17(11-14)29-13-28-16)19(22)31(26,27)15-7-5-4-6-8-15/h4-12,18-19H,13H2,1-3H3,(H,23,25)/t18-,19+,22+/m0/s1. The van der Waals surface area contributed by atoms with E-state index in [1.807, 2.05) is 0 Å². The maximum atomic E-state index is 13.4. The molecule has 2 aliphatic rings. The molecule has 2 aromatic carbocycles. The van der Waals surface area contributed by atoms with Gasteiger partial charge in [0.15, 0.2) is 21.3 Å². The number of ether oxygens (including phenoxy) is 3. The number of amides is 1. The van der Waals surface area contributed by atoms with Crippen molar-refractivity contribution in [3.63, 3.8) is 0 Å². The molecule has 0 saturated heterocycles. The molecule has 9 heteroatoms. The minimum absolute atomic E-state index is 0.0597. The van der Waals surface area contributed by atoms with Crippen molar-refractivity contribution < 1.29 is 32.2 Å². The molecule has 164 valence electrons. The van der Waals surface area contributed by atoms with E-state index in [0.717, 1.165) is 0 Å². The fourth-order valence-corrected chi connectivity index (χ4v) is 6.19. The maximum Gasteiger partial charge on any atom is 0.408 e. The van der Waals surface area contributed by atoms with Gasteiger partial charge < -0.3 is 24.3 Å². The number of carbonyl (C=O) groups is 2. The summed E-state index contributed by atoms with van der Waals surface area (Å²) in [4.78, 5) is 24.9. The Morgan fingerprint density at radius 3 is 2.45 bits per heavy atom. The van der Waals surface area contributed by atoms with Crippen molar-refractivity contribution in [1.29, 1.82) is 0 Å². The van der Waals surface area contributed by atoms with E-state index in [4.69, 9.17) is 14.2 Å². The number of nitrogens with one attached hydrogen (secondary N) is 1. The first-order valence-corrected chi connectivity index (χ1v) is 11.3. The molecule has 2 aromatic rings. The number of fused-ring (bicyclic) bond motifs is 1. The van der Waals surface area contributed by atoms with Crippen LogP contribution in [-0.2, 0) is 19.4 Å². The predicted molar refractivity (Wildman–Crippen MR) is 111 cm³/mol. The van der Waals surface area contributed by atoms with Crippen LogP contribution in [0.2, 0.25) is 0 Å². The van der Waals surface area contributed by atoms with Crippen LogP contribution in [0.1, 0.15) is 32.3 Å².